The van der Waals surface area contributed by atoms with E-state index in [9.17, 15) is 8.78 Å². The van der Waals surface area contributed by atoms with Gasteiger partial charge in [0.2, 0.25) is 11.7 Å². The van der Waals surface area contributed by atoms with Gasteiger partial charge in [0.25, 0.3) is 0 Å². The second-order valence-electron chi connectivity index (χ2n) is 6.58. The molecule has 4 rings (SSSR count). The third-order valence-corrected chi connectivity index (χ3v) is 4.85. The van der Waals surface area contributed by atoms with Crippen molar-refractivity contribution in [2.75, 3.05) is 44.4 Å². The molecule has 6 nitrogen and oxygen atoms in total. The van der Waals surface area contributed by atoms with Crippen LogP contribution in [0.25, 0.3) is 11.4 Å². The maximum Gasteiger partial charge on any atom is 0.230 e. The average Bonchev–Trinajstić information content (AvgIpc) is 2.98. The van der Waals surface area contributed by atoms with Gasteiger partial charge in [0.1, 0.15) is 17.3 Å². The highest BCUT2D eigenvalue weighted by Gasteiger charge is 2.24. The Labute approximate surface area is 150 Å². The van der Waals surface area contributed by atoms with Gasteiger partial charge in [-0.1, -0.05) is 5.16 Å². The summed E-state index contributed by atoms with van der Waals surface area (Å²) in [6.45, 7) is 3.23. The van der Waals surface area contributed by atoms with Gasteiger partial charge >= 0.3 is 0 Å². The standard InChI is InChI=1S/C18H21F2N3O3/c19-14-10-13(11-15(20)16(14)23-4-8-25-9-5-23)17-21-18(26-22-17)12-2-1-6-24-7-3-12/h10-12H,1-9H2. The Kier molecular flexibility index (Phi) is 5.12. The van der Waals surface area contributed by atoms with Crippen LogP contribution < -0.4 is 4.90 Å². The second kappa shape index (κ2) is 7.67. The van der Waals surface area contributed by atoms with Crippen molar-refractivity contribution < 1.29 is 22.8 Å². The summed E-state index contributed by atoms with van der Waals surface area (Å²) in [5.41, 5.74) is 0.249. The van der Waals surface area contributed by atoms with Crippen LogP contribution in [0.4, 0.5) is 14.5 Å². The summed E-state index contributed by atoms with van der Waals surface area (Å²) in [5.74, 6) is -0.423. The quantitative estimate of drug-likeness (QED) is 0.833. The third kappa shape index (κ3) is 3.57. The van der Waals surface area contributed by atoms with Crippen LogP contribution in [0.5, 0.6) is 0 Å². The molecule has 0 N–H and O–H groups in total. The zero-order chi connectivity index (χ0) is 17.9. The van der Waals surface area contributed by atoms with E-state index in [1.807, 2.05) is 0 Å². The molecule has 2 saturated heterocycles. The van der Waals surface area contributed by atoms with E-state index < -0.39 is 11.6 Å². The minimum atomic E-state index is -0.629. The average molecular weight is 365 g/mol. The van der Waals surface area contributed by atoms with Crippen LogP contribution >= 0.6 is 0 Å². The fraction of sp³-hybridized carbons (Fsp3) is 0.556. The van der Waals surface area contributed by atoms with Crippen molar-refractivity contribution >= 4 is 5.69 Å². The van der Waals surface area contributed by atoms with Gasteiger partial charge in [-0.15, -0.1) is 0 Å². The van der Waals surface area contributed by atoms with E-state index in [4.69, 9.17) is 14.0 Å². The van der Waals surface area contributed by atoms with Crippen LogP contribution in [0.1, 0.15) is 31.1 Å². The molecule has 0 amide bonds. The highest BCUT2D eigenvalue weighted by molar-refractivity contribution is 5.62. The lowest BCUT2D eigenvalue weighted by Crippen LogP contribution is -2.37. The summed E-state index contributed by atoms with van der Waals surface area (Å²) in [6.07, 6.45) is 2.64. The minimum absolute atomic E-state index is 0.0262. The van der Waals surface area contributed by atoms with E-state index >= 15 is 0 Å². The summed E-state index contributed by atoms with van der Waals surface area (Å²) < 4.78 is 45.2. The predicted molar refractivity (Wildman–Crippen MR) is 90.1 cm³/mol. The Hall–Kier alpha value is -2.06. The zero-order valence-corrected chi connectivity index (χ0v) is 14.4. The fourth-order valence-electron chi connectivity index (χ4n) is 3.45. The molecule has 2 aliphatic rings. The Balaban J connectivity index is 1.58. The summed E-state index contributed by atoms with van der Waals surface area (Å²) in [5, 5.41) is 3.92. The second-order valence-corrected chi connectivity index (χ2v) is 6.58. The van der Waals surface area contributed by atoms with Gasteiger partial charge < -0.3 is 18.9 Å². The van der Waals surface area contributed by atoms with E-state index in [1.54, 1.807) is 4.90 Å². The Morgan fingerprint density at radius 2 is 1.69 bits per heavy atom. The smallest absolute Gasteiger partial charge is 0.230 e. The number of nitrogens with zero attached hydrogens (tertiary/aromatic N) is 3. The van der Waals surface area contributed by atoms with Crippen molar-refractivity contribution in [1.82, 2.24) is 10.1 Å². The number of anilines is 1. The summed E-state index contributed by atoms with van der Waals surface area (Å²) in [6, 6.07) is 2.53. The molecule has 2 aliphatic heterocycles. The molecule has 0 radical (unpaired) electrons. The number of ether oxygens (including phenoxy) is 2. The van der Waals surface area contributed by atoms with E-state index in [1.165, 1.54) is 12.1 Å². The molecular formula is C18H21F2N3O3. The van der Waals surface area contributed by atoms with Crippen LogP contribution in [0.15, 0.2) is 16.7 Å². The molecule has 0 bridgehead atoms. The Morgan fingerprint density at radius 1 is 0.962 bits per heavy atom. The normalized spacial score (nSPS) is 21.6. The van der Waals surface area contributed by atoms with Crippen LogP contribution in [0.2, 0.25) is 0 Å². The lowest BCUT2D eigenvalue weighted by atomic mass is 10.0. The Bertz CT molecular complexity index is 731. The maximum absolute atomic E-state index is 14.6. The van der Waals surface area contributed by atoms with Gasteiger partial charge in [-0.25, -0.2) is 8.78 Å². The SMILES string of the molecule is Fc1cc(-c2noc(C3CCCOCC3)n2)cc(F)c1N1CCOCC1. The lowest BCUT2D eigenvalue weighted by Gasteiger charge is -2.29. The number of hydrogen-bond acceptors (Lipinski definition) is 6. The summed E-state index contributed by atoms with van der Waals surface area (Å²) in [7, 11) is 0. The van der Waals surface area contributed by atoms with Gasteiger partial charge in [-0.2, -0.15) is 4.98 Å². The number of halogens is 2. The van der Waals surface area contributed by atoms with E-state index in [0.717, 1.165) is 25.9 Å². The van der Waals surface area contributed by atoms with Crippen LogP contribution in [0.3, 0.4) is 0 Å². The molecule has 2 aromatic rings. The predicted octanol–water partition coefficient (Wildman–Crippen LogP) is 3.14. The van der Waals surface area contributed by atoms with Crippen molar-refractivity contribution in [2.45, 2.75) is 25.2 Å². The summed E-state index contributed by atoms with van der Waals surface area (Å²) in [4.78, 5) is 6.03. The van der Waals surface area contributed by atoms with Crippen LogP contribution in [0, 0.1) is 11.6 Å². The highest BCUT2D eigenvalue weighted by Crippen LogP contribution is 2.31. The first-order valence-electron chi connectivity index (χ1n) is 8.96. The van der Waals surface area contributed by atoms with Crippen molar-refractivity contribution in [2.24, 2.45) is 0 Å². The highest BCUT2D eigenvalue weighted by atomic mass is 19.1. The molecule has 1 unspecified atom stereocenters. The van der Waals surface area contributed by atoms with E-state index in [2.05, 4.69) is 10.1 Å². The molecule has 0 saturated carbocycles. The first kappa shape index (κ1) is 17.4. The zero-order valence-electron chi connectivity index (χ0n) is 14.4. The Morgan fingerprint density at radius 3 is 2.46 bits per heavy atom. The van der Waals surface area contributed by atoms with Gasteiger partial charge in [0.15, 0.2) is 0 Å². The van der Waals surface area contributed by atoms with Gasteiger partial charge in [-0.05, 0) is 31.4 Å². The molecular weight excluding hydrogens is 344 g/mol. The summed E-state index contributed by atoms with van der Waals surface area (Å²) >= 11 is 0. The maximum atomic E-state index is 14.6. The van der Waals surface area contributed by atoms with Gasteiger partial charge in [0, 0.05) is 37.8 Å². The first-order chi connectivity index (χ1) is 12.7. The van der Waals surface area contributed by atoms with Crippen molar-refractivity contribution in [3.63, 3.8) is 0 Å². The first-order valence-corrected chi connectivity index (χ1v) is 8.96. The van der Waals surface area contributed by atoms with Crippen molar-refractivity contribution in [1.29, 1.82) is 0 Å². The molecule has 140 valence electrons. The molecule has 8 heteroatoms. The van der Waals surface area contributed by atoms with Gasteiger partial charge in [0.05, 0.1) is 13.2 Å². The molecule has 0 spiro atoms. The number of rotatable bonds is 3. The number of benzene rings is 1. The monoisotopic (exact) mass is 365 g/mol. The fourth-order valence-corrected chi connectivity index (χ4v) is 3.45. The number of morpholine rings is 1. The lowest BCUT2D eigenvalue weighted by molar-refractivity contribution is 0.122. The van der Waals surface area contributed by atoms with Crippen LogP contribution in [-0.2, 0) is 9.47 Å². The third-order valence-electron chi connectivity index (χ3n) is 4.85. The topological polar surface area (TPSA) is 60.6 Å². The molecule has 1 aromatic carbocycles. The largest absolute Gasteiger partial charge is 0.381 e. The van der Waals surface area contributed by atoms with Crippen molar-refractivity contribution in [3.05, 3.63) is 29.7 Å². The molecule has 26 heavy (non-hydrogen) atoms. The molecule has 3 heterocycles. The van der Waals surface area contributed by atoms with Crippen LogP contribution in [-0.4, -0.2) is 49.7 Å². The minimum Gasteiger partial charge on any atom is -0.381 e. The molecule has 2 fully saturated rings. The molecule has 1 aromatic heterocycles. The van der Waals surface area contributed by atoms with Crippen molar-refractivity contribution in [3.8, 4) is 11.4 Å². The molecule has 0 aliphatic carbocycles. The van der Waals surface area contributed by atoms with E-state index in [0.29, 0.717) is 38.8 Å². The van der Waals surface area contributed by atoms with E-state index in [-0.39, 0.29) is 23.0 Å². The van der Waals surface area contributed by atoms with Gasteiger partial charge in [-0.3, -0.25) is 0 Å². The number of aromatic nitrogens is 2. The number of hydrogen-bond donors (Lipinski definition) is 0. The molecule has 1 atom stereocenters.